The molecule has 0 radical (unpaired) electrons. The molecule has 90 valence electrons. The Morgan fingerprint density at radius 3 is 2.94 bits per heavy atom. The average molecular weight is 241 g/mol. The van der Waals surface area contributed by atoms with Gasteiger partial charge in [0.25, 0.3) is 0 Å². The van der Waals surface area contributed by atoms with E-state index in [4.69, 9.17) is 4.74 Å². The Labute approximate surface area is 100 Å². The molecule has 0 aromatic carbocycles. The molecule has 1 aromatic heterocycles. The van der Waals surface area contributed by atoms with Crippen LogP contribution >= 0.6 is 11.3 Å². The Hall–Kier alpha value is -0.420. The fourth-order valence-corrected chi connectivity index (χ4v) is 2.64. The molecule has 4 heteroatoms. The maximum absolute atomic E-state index is 9.97. The zero-order chi connectivity index (χ0) is 11.4. The Balaban J connectivity index is 1.82. The highest BCUT2D eigenvalue weighted by Crippen LogP contribution is 2.22. The lowest BCUT2D eigenvalue weighted by molar-refractivity contribution is 0.0390. The monoisotopic (exact) mass is 241 g/mol. The molecule has 1 fully saturated rings. The third-order valence-electron chi connectivity index (χ3n) is 3.19. The van der Waals surface area contributed by atoms with Crippen LogP contribution in [-0.2, 0) is 4.74 Å². The van der Waals surface area contributed by atoms with Gasteiger partial charge in [-0.1, -0.05) is 6.07 Å². The van der Waals surface area contributed by atoms with Crippen LogP contribution in [0.1, 0.15) is 30.7 Å². The highest BCUT2D eigenvalue weighted by molar-refractivity contribution is 7.10. The molecule has 1 aliphatic heterocycles. The Morgan fingerprint density at radius 2 is 2.31 bits per heavy atom. The first-order valence-corrected chi connectivity index (χ1v) is 6.62. The van der Waals surface area contributed by atoms with Crippen LogP contribution in [0.15, 0.2) is 17.5 Å². The van der Waals surface area contributed by atoms with Gasteiger partial charge in [-0.3, -0.25) is 0 Å². The summed E-state index contributed by atoms with van der Waals surface area (Å²) in [6, 6.07) is 3.95. The van der Waals surface area contributed by atoms with E-state index >= 15 is 0 Å². The van der Waals surface area contributed by atoms with Crippen molar-refractivity contribution in [1.82, 2.24) is 5.32 Å². The summed E-state index contributed by atoms with van der Waals surface area (Å²) in [6.07, 6.45) is 1.65. The van der Waals surface area contributed by atoms with E-state index < -0.39 is 0 Å². The van der Waals surface area contributed by atoms with Gasteiger partial charge in [-0.15, -0.1) is 11.3 Å². The van der Waals surface area contributed by atoms with Crippen molar-refractivity contribution >= 4 is 11.3 Å². The number of β-amino-alcohol motifs (C(OH)–C–C–N with tert-alkyl or cyclic N) is 1. The van der Waals surface area contributed by atoms with Gasteiger partial charge in [-0.2, -0.15) is 0 Å². The molecule has 1 atom stereocenters. The fraction of sp³-hybridized carbons (Fsp3) is 0.667. The summed E-state index contributed by atoms with van der Waals surface area (Å²) in [4.78, 5) is 1.03. The van der Waals surface area contributed by atoms with Gasteiger partial charge in [0.05, 0.1) is 0 Å². The first-order valence-electron chi connectivity index (χ1n) is 5.74. The standard InChI is InChI=1S/C12H19NO2S/c1-12(4-6-15-7-5-12)13-9-10(14)11-3-2-8-16-11/h2-3,8,10,13-14H,4-7,9H2,1H3. The summed E-state index contributed by atoms with van der Waals surface area (Å²) in [7, 11) is 0. The van der Waals surface area contributed by atoms with E-state index in [0.717, 1.165) is 30.9 Å². The number of aliphatic hydroxyl groups is 1. The Morgan fingerprint density at radius 1 is 1.56 bits per heavy atom. The van der Waals surface area contributed by atoms with Gasteiger partial charge in [0.15, 0.2) is 0 Å². The SMILES string of the molecule is CC1(NCC(O)c2cccs2)CCOCC1. The van der Waals surface area contributed by atoms with E-state index in [2.05, 4.69) is 12.2 Å². The molecule has 1 saturated heterocycles. The number of rotatable bonds is 4. The minimum atomic E-state index is -0.389. The summed E-state index contributed by atoms with van der Waals surface area (Å²) in [5, 5.41) is 15.4. The predicted octanol–water partition coefficient (Wildman–Crippen LogP) is 1.94. The molecule has 0 saturated carbocycles. The van der Waals surface area contributed by atoms with Gasteiger partial charge in [-0.05, 0) is 31.2 Å². The maximum Gasteiger partial charge on any atom is 0.101 e. The van der Waals surface area contributed by atoms with Crippen LogP contribution in [0.2, 0.25) is 0 Å². The predicted molar refractivity (Wildman–Crippen MR) is 65.7 cm³/mol. The second kappa shape index (κ2) is 5.27. The molecular formula is C12H19NO2S. The average Bonchev–Trinajstić information content (AvgIpc) is 2.80. The van der Waals surface area contributed by atoms with Crippen LogP contribution in [0.5, 0.6) is 0 Å². The zero-order valence-electron chi connectivity index (χ0n) is 9.61. The lowest BCUT2D eigenvalue weighted by atomic mass is 9.92. The van der Waals surface area contributed by atoms with Gasteiger partial charge in [0.1, 0.15) is 6.10 Å². The molecular weight excluding hydrogens is 222 g/mol. The van der Waals surface area contributed by atoms with E-state index in [1.807, 2.05) is 17.5 Å². The van der Waals surface area contributed by atoms with Crippen LogP contribution in [-0.4, -0.2) is 30.4 Å². The minimum Gasteiger partial charge on any atom is -0.386 e. The molecule has 0 bridgehead atoms. The highest BCUT2D eigenvalue weighted by Gasteiger charge is 2.27. The molecule has 0 amide bonds. The smallest absolute Gasteiger partial charge is 0.101 e. The van der Waals surface area contributed by atoms with Crippen LogP contribution in [0.4, 0.5) is 0 Å². The minimum absolute atomic E-state index is 0.122. The summed E-state index contributed by atoms with van der Waals surface area (Å²) in [5.41, 5.74) is 0.122. The van der Waals surface area contributed by atoms with Gasteiger partial charge in [-0.25, -0.2) is 0 Å². The number of hydrogen-bond acceptors (Lipinski definition) is 4. The van der Waals surface area contributed by atoms with Crippen LogP contribution < -0.4 is 5.32 Å². The molecule has 16 heavy (non-hydrogen) atoms. The Kier molecular flexibility index (Phi) is 3.97. The van der Waals surface area contributed by atoms with Crippen LogP contribution in [0.25, 0.3) is 0 Å². The van der Waals surface area contributed by atoms with Gasteiger partial charge in [0, 0.05) is 30.2 Å². The molecule has 2 heterocycles. The number of ether oxygens (including phenoxy) is 1. The van der Waals surface area contributed by atoms with Crippen molar-refractivity contribution in [2.45, 2.75) is 31.4 Å². The van der Waals surface area contributed by atoms with Crippen molar-refractivity contribution in [3.63, 3.8) is 0 Å². The summed E-state index contributed by atoms with van der Waals surface area (Å²) in [5.74, 6) is 0. The quantitative estimate of drug-likeness (QED) is 0.846. The van der Waals surface area contributed by atoms with Crippen molar-refractivity contribution in [2.24, 2.45) is 0 Å². The molecule has 1 unspecified atom stereocenters. The van der Waals surface area contributed by atoms with E-state index in [1.54, 1.807) is 11.3 Å². The molecule has 0 spiro atoms. The molecule has 0 aliphatic carbocycles. The third kappa shape index (κ3) is 3.04. The van der Waals surface area contributed by atoms with Gasteiger partial charge >= 0.3 is 0 Å². The number of aliphatic hydroxyl groups excluding tert-OH is 1. The normalized spacial score (nSPS) is 21.9. The highest BCUT2D eigenvalue weighted by atomic mass is 32.1. The van der Waals surface area contributed by atoms with E-state index in [1.165, 1.54) is 0 Å². The third-order valence-corrected chi connectivity index (χ3v) is 4.16. The largest absolute Gasteiger partial charge is 0.386 e. The summed E-state index contributed by atoms with van der Waals surface area (Å²) >= 11 is 1.60. The molecule has 1 aliphatic rings. The van der Waals surface area contributed by atoms with Crippen molar-refractivity contribution in [3.05, 3.63) is 22.4 Å². The first kappa shape index (κ1) is 12.0. The van der Waals surface area contributed by atoms with Crippen molar-refractivity contribution < 1.29 is 9.84 Å². The number of nitrogens with one attached hydrogen (secondary N) is 1. The van der Waals surface area contributed by atoms with Crippen LogP contribution in [0, 0.1) is 0 Å². The van der Waals surface area contributed by atoms with E-state index in [0.29, 0.717) is 6.54 Å². The summed E-state index contributed by atoms with van der Waals surface area (Å²) in [6.45, 7) is 4.46. The summed E-state index contributed by atoms with van der Waals surface area (Å²) < 4.78 is 5.34. The number of thiophene rings is 1. The van der Waals surface area contributed by atoms with Gasteiger partial charge in [0.2, 0.25) is 0 Å². The number of hydrogen-bond donors (Lipinski definition) is 2. The van der Waals surface area contributed by atoms with Crippen molar-refractivity contribution in [2.75, 3.05) is 19.8 Å². The topological polar surface area (TPSA) is 41.5 Å². The second-order valence-corrected chi connectivity index (χ2v) is 5.56. The lowest BCUT2D eigenvalue weighted by Crippen LogP contribution is -2.48. The lowest BCUT2D eigenvalue weighted by Gasteiger charge is -2.35. The molecule has 2 rings (SSSR count). The Bertz CT molecular complexity index is 307. The van der Waals surface area contributed by atoms with Crippen LogP contribution in [0.3, 0.4) is 0 Å². The second-order valence-electron chi connectivity index (χ2n) is 4.59. The molecule has 1 aromatic rings. The zero-order valence-corrected chi connectivity index (χ0v) is 10.4. The molecule has 2 N–H and O–H groups in total. The fourth-order valence-electron chi connectivity index (χ4n) is 1.92. The van der Waals surface area contributed by atoms with Crippen molar-refractivity contribution in [1.29, 1.82) is 0 Å². The first-order chi connectivity index (χ1) is 7.70. The van der Waals surface area contributed by atoms with E-state index in [9.17, 15) is 5.11 Å². The molecule has 3 nitrogen and oxygen atoms in total. The maximum atomic E-state index is 9.97. The van der Waals surface area contributed by atoms with Crippen molar-refractivity contribution in [3.8, 4) is 0 Å². The van der Waals surface area contributed by atoms with E-state index in [-0.39, 0.29) is 11.6 Å². The van der Waals surface area contributed by atoms with Gasteiger partial charge < -0.3 is 15.2 Å².